The minimum absolute atomic E-state index is 0.820. The monoisotopic (exact) mass is 266 g/mol. The zero-order valence-electron chi connectivity index (χ0n) is 12.2. The molecule has 0 atom stereocenters. The van der Waals surface area contributed by atoms with Gasteiger partial charge in [-0.15, -0.1) is 0 Å². The third-order valence-electron chi connectivity index (χ3n) is 2.89. The van der Waals surface area contributed by atoms with Crippen LogP contribution in [-0.2, 0) is 10.8 Å². The highest BCUT2D eigenvalue weighted by molar-refractivity contribution is 6.65. The molecule has 0 saturated heterocycles. The lowest BCUT2D eigenvalue weighted by molar-refractivity contribution is 0.241. The molecule has 1 aromatic carbocycles. The van der Waals surface area contributed by atoms with Crippen molar-refractivity contribution in [3.63, 3.8) is 0 Å². The first-order valence-electron chi connectivity index (χ1n) is 6.99. The summed E-state index contributed by atoms with van der Waals surface area (Å²) in [5.41, 5.74) is 1.34. The van der Waals surface area contributed by atoms with Gasteiger partial charge in [0.1, 0.15) is 5.75 Å². The summed E-state index contributed by atoms with van der Waals surface area (Å²) < 4.78 is 11.9. The van der Waals surface area contributed by atoms with E-state index < -0.39 is 8.56 Å². The molecule has 0 amide bonds. The molecule has 0 aliphatic carbocycles. The van der Waals surface area contributed by atoms with Crippen LogP contribution in [0.2, 0.25) is 13.1 Å². The van der Waals surface area contributed by atoms with E-state index in [2.05, 4.69) is 39.1 Å². The van der Waals surface area contributed by atoms with Crippen molar-refractivity contribution in [1.29, 1.82) is 0 Å². The fourth-order valence-corrected chi connectivity index (χ4v) is 3.18. The van der Waals surface area contributed by atoms with Crippen LogP contribution in [0.4, 0.5) is 0 Å². The summed E-state index contributed by atoms with van der Waals surface area (Å²) in [6.07, 6.45) is 4.65. The largest absolute Gasteiger partial charge is 0.520 e. The van der Waals surface area contributed by atoms with Gasteiger partial charge in [-0.25, -0.2) is 0 Å². The van der Waals surface area contributed by atoms with E-state index in [1.54, 1.807) is 0 Å². The lowest BCUT2D eigenvalue weighted by Crippen LogP contribution is -2.38. The Hall–Kier alpha value is -0.803. The summed E-state index contributed by atoms with van der Waals surface area (Å²) >= 11 is 0. The van der Waals surface area contributed by atoms with Crippen molar-refractivity contribution in [2.75, 3.05) is 6.61 Å². The van der Waals surface area contributed by atoms with Gasteiger partial charge in [0.05, 0.1) is 0 Å². The molecule has 0 aliphatic heterocycles. The van der Waals surface area contributed by atoms with E-state index in [0.717, 1.165) is 25.2 Å². The van der Waals surface area contributed by atoms with Gasteiger partial charge in [-0.1, -0.05) is 38.8 Å². The molecule has 0 radical (unpaired) electrons. The number of hydrogen-bond donors (Lipinski definition) is 0. The van der Waals surface area contributed by atoms with E-state index in [1.165, 1.54) is 18.4 Å². The minimum atomic E-state index is -2.02. The van der Waals surface area contributed by atoms with E-state index >= 15 is 0 Å². The normalized spacial score (nSPS) is 11.6. The zero-order chi connectivity index (χ0) is 13.4. The summed E-state index contributed by atoms with van der Waals surface area (Å²) in [6.45, 7) is 9.39. The molecule has 0 aliphatic rings. The maximum Gasteiger partial charge on any atom is 0.392 e. The quantitative estimate of drug-likeness (QED) is 0.508. The first-order chi connectivity index (χ1) is 8.57. The zero-order valence-corrected chi connectivity index (χ0v) is 13.2. The van der Waals surface area contributed by atoms with Crippen LogP contribution in [0.5, 0.6) is 5.75 Å². The lowest BCUT2D eigenvalue weighted by Gasteiger charge is -2.24. The van der Waals surface area contributed by atoms with Crippen LogP contribution in [0, 0.1) is 0 Å². The molecule has 0 spiro atoms. The summed E-state index contributed by atoms with van der Waals surface area (Å²) in [4.78, 5) is 0. The van der Waals surface area contributed by atoms with Gasteiger partial charge in [-0.3, -0.25) is 0 Å². The second kappa shape index (κ2) is 7.59. The summed E-state index contributed by atoms with van der Waals surface area (Å²) in [5, 5.41) is 0. The van der Waals surface area contributed by atoms with Crippen molar-refractivity contribution >= 4 is 8.56 Å². The van der Waals surface area contributed by atoms with Crippen molar-refractivity contribution in [2.45, 2.75) is 52.6 Å². The van der Waals surface area contributed by atoms with E-state index in [-0.39, 0.29) is 0 Å². The molecule has 102 valence electrons. The van der Waals surface area contributed by atoms with Gasteiger partial charge in [-0.05, 0) is 43.6 Å². The molecule has 3 heteroatoms. The Kier molecular flexibility index (Phi) is 6.43. The fourth-order valence-electron chi connectivity index (χ4n) is 1.78. The molecule has 18 heavy (non-hydrogen) atoms. The molecule has 1 rings (SSSR count). The predicted molar refractivity (Wildman–Crippen MR) is 79.4 cm³/mol. The molecule has 0 aromatic heterocycles. The Morgan fingerprint density at radius 3 is 2.22 bits per heavy atom. The topological polar surface area (TPSA) is 18.5 Å². The van der Waals surface area contributed by atoms with E-state index in [9.17, 15) is 0 Å². The van der Waals surface area contributed by atoms with Gasteiger partial charge < -0.3 is 8.85 Å². The molecule has 0 heterocycles. The minimum Gasteiger partial charge on any atom is -0.520 e. The van der Waals surface area contributed by atoms with Crippen LogP contribution in [-0.4, -0.2) is 15.2 Å². The highest BCUT2D eigenvalue weighted by atomic mass is 28.4. The first-order valence-corrected chi connectivity index (χ1v) is 9.81. The molecule has 0 fully saturated rings. The summed E-state index contributed by atoms with van der Waals surface area (Å²) in [6, 6.07) is 8.33. The van der Waals surface area contributed by atoms with Crippen molar-refractivity contribution < 1.29 is 8.85 Å². The number of benzene rings is 1. The average Bonchev–Trinajstić information content (AvgIpc) is 2.35. The third kappa shape index (κ3) is 5.69. The SMILES string of the molecule is CCCCCO[Si](C)(C)Oc1ccc(CC)cc1. The van der Waals surface area contributed by atoms with Gasteiger partial charge in [0.25, 0.3) is 0 Å². The van der Waals surface area contributed by atoms with Gasteiger partial charge in [0.15, 0.2) is 0 Å². The Morgan fingerprint density at radius 1 is 1.00 bits per heavy atom. The number of rotatable bonds is 8. The van der Waals surface area contributed by atoms with Gasteiger partial charge >= 0.3 is 8.56 Å². The van der Waals surface area contributed by atoms with Crippen LogP contribution in [0.3, 0.4) is 0 Å². The van der Waals surface area contributed by atoms with E-state index in [0.29, 0.717) is 0 Å². The Bertz CT molecular complexity index is 333. The van der Waals surface area contributed by atoms with Crippen LogP contribution in [0.1, 0.15) is 38.7 Å². The van der Waals surface area contributed by atoms with Crippen molar-refractivity contribution in [2.24, 2.45) is 0 Å². The maximum absolute atomic E-state index is 6.00. The Morgan fingerprint density at radius 2 is 1.67 bits per heavy atom. The summed E-state index contributed by atoms with van der Waals surface area (Å²) in [7, 11) is -2.02. The van der Waals surface area contributed by atoms with Gasteiger partial charge in [0, 0.05) is 6.61 Å². The average molecular weight is 266 g/mol. The van der Waals surface area contributed by atoms with Gasteiger partial charge in [-0.2, -0.15) is 0 Å². The van der Waals surface area contributed by atoms with Crippen LogP contribution >= 0.6 is 0 Å². The number of unbranched alkanes of at least 4 members (excludes halogenated alkanes) is 2. The molecule has 0 unspecified atom stereocenters. The molecule has 2 nitrogen and oxygen atoms in total. The van der Waals surface area contributed by atoms with Crippen molar-refractivity contribution in [3.05, 3.63) is 29.8 Å². The summed E-state index contributed by atoms with van der Waals surface area (Å²) in [5.74, 6) is 0.930. The Labute approximate surface area is 113 Å². The van der Waals surface area contributed by atoms with Crippen LogP contribution in [0.15, 0.2) is 24.3 Å². The lowest BCUT2D eigenvalue weighted by atomic mass is 10.2. The molecule has 0 saturated carbocycles. The molecule has 1 aromatic rings. The van der Waals surface area contributed by atoms with Gasteiger partial charge in [0.2, 0.25) is 0 Å². The second-order valence-corrected chi connectivity index (χ2v) is 8.35. The van der Waals surface area contributed by atoms with E-state index in [1.807, 2.05) is 12.1 Å². The van der Waals surface area contributed by atoms with Crippen LogP contribution in [0.25, 0.3) is 0 Å². The predicted octanol–water partition coefficient (Wildman–Crippen LogP) is 4.54. The number of hydrogen-bond acceptors (Lipinski definition) is 2. The molecular weight excluding hydrogens is 240 g/mol. The second-order valence-electron chi connectivity index (χ2n) is 5.05. The highest BCUT2D eigenvalue weighted by Crippen LogP contribution is 2.18. The number of aryl methyl sites for hydroxylation is 1. The Balaban J connectivity index is 2.42. The third-order valence-corrected chi connectivity index (χ3v) is 4.52. The smallest absolute Gasteiger partial charge is 0.392 e. The molecular formula is C15H26O2Si. The van der Waals surface area contributed by atoms with E-state index in [4.69, 9.17) is 8.85 Å². The van der Waals surface area contributed by atoms with Crippen molar-refractivity contribution in [3.8, 4) is 5.75 Å². The van der Waals surface area contributed by atoms with Crippen molar-refractivity contribution in [1.82, 2.24) is 0 Å². The maximum atomic E-state index is 6.00. The molecule has 0 N–H and O–H groups in total. The van der Waals surface area contributed by atoms with Crippen LogP contribution < -0.4 is 4.43 Å². The highest BCUT2D eigenvalue weighted by Gasteiger charge is 2.26. The fraction of sp³-hybridized carbons (Fsp3) is 0.600. The standard InChI is InChI=1S/C15H26O2Si/c1-5-7-8-13-16-18(3,4)17-15-11-9-14(6-2)10-12-15/h9-12H,5-8,13H2,1-4H3. The first kappa shape index (κ1) is 15.3. The molecule has 0 bridgehead atoms.